The summed E-state index contributed by atoms with van der Waals surface area (Å²) in [5.74, 6) is 0.531. The second-order valence-electron chi connectivity index (χ2n) is 4.73. The second-order valence-corrected chi connectivity index (χ2v) is 6.29. The van der Waals surface area contributed by atoms with E-state index in [-0.39, 0.29) is 4.90 Å². The fourth-order valence-electron chi connectivity index (χ4n) is 1.97. The highest BCUT2D eigenvalue weighted by Gasteiger charge is 2.26. The van der Waals surface area contributed by atoms with Crippen LogP contribution in [0.15, 0.2) is 35.4 Å². The predicted octanol–water partition coefficient (Wildman–Crippen LogP) is 0.979. The standard InChI is InChI=1S/C12H14N4O2S/c13-10-4-3-9(19(14,17)18)7-12(10)16-6-5-11(15-16)8-1-2-8/h3-8H,1-2,13H2,(H2,14,17,18). The second kappa shape index (κ2) is 4.07. The van der Waals surface area contributed by atoms with Gasteiger partial charge in [0.05, 0.1) is 22.0 Å². The number of rotatable bonds is 3. The van der Waals surface area contributed by atoms with Gasteiger partial charge in [0.25, 0.3) is 0 Å². The van der Waals surface area contributed by atoms with Crippen molar-refractivity contribution in [2.75, 3.05) is 5.73 Å². The highest BCUT2D eigenvalue weighted by atomic mass is 32.2. The number of hydrogen-bond donors (Lipinski definition) is 2. The molecule has 3 rings (SSSR count). The molecule has 1 saturated carbocycles. The maximum absolute atomic E-state index is 11.4. The van der Waals surface area contributed by atoms with E-state index in [4.69, 9.17) is 10.9 Å². The van der Waals surface area contributed by atoms with Crippen molar-refractivity contribution in [1.82, 2.24) is 9.78 Å². The predicted molar refractivity (Wildman–Crippen MR) is 71.3 cm³/mol. The molecular formula is C12H14N4O2S. The molecule has 1 aliphatic rings. The van der Waals surface area contributed by atoms with Crippen molar-refractivity contribution in [2.24, 2.45) is 5.14 Å². The van der Waals surface area contributed by atoms with E-state index in [1.54, 1.807) is 10.9 Å². The minimum absolute atomic E-state index is 0.0279. The number of aromatic nitrogens is 2. The maximum atomic E-state index is 11.4. The lowest BCUT2D eigenvalue weighted by Crippen LogP contribution is -2.13. The normalized spacial score (nSPS) is 15.6. The summed E-state index contributed by atoms with van der Waals surface area (Å²) in [6.45, 7) is 0. The Balaban J connectivity index is 2.07. The van der Waals surface area contributed by atoms with Crippen LogP contribution in [-0.2, 0) is 10.0 Å². The monoisotopic (exact) mass is 278 g/mol. The van der Waals surface area contributed by atoms with E-state index >= 15 is 0 Å². The van der Waals surface area contributed by atoms with Gasteiger partial charge in [0.1, 0.15) is 0 Å². The van der Waals surface area contributed by atoms with E-state index in [0.717, 1.165) is 18.5 Å². The molecule has 1 aromatic heterocycles. The van der Waals surface area contributed by atoms with E-state index < -0.39 is 10.0 Å². The Morgan fingerprint density at radius 3 is 2.63 bits per heavy atom. The van der Waals surface area contributed by atoms with Crippen LogP contribution in [0, 0.1) is 0 Å². The third kappa shape index (κ3) is 2.34. The summed E-state index contributed by atoms with van der Waals surface area (Å²) in [5.41, 5.74) is 7.87. The van der Waals surface area contributed by atoms with E-state index in [1.165, 1.54) is 18.2 Å². The van der Waals surface area contributed by atoms with Crippen LogP contribution in [-0.4, -0.2) is 18.2 Å². The highest BCUT2D eigenvalue weighted by Crippen LogP contribution is 2.39. The van der Waals surface area contributed by atoms with Gasteiger partial charge in [0.2, 0.25) is 10.0 Å². The average molecular weight is 278 g/mol. The minimum Gasteiger partial charge on any atom is -0.397 e. The number of hydrogen-bond acceptors (Lipinski definition) is 4. The molecule has 2 aromatic rings. The minimum atomic E-state index is -3.74. The summed E-state index contributed by atoms with van der Waals surface area (Å²) < 4.78 is 24.3. The third-order valence-electron chi connectivity index (χ3n) is 3.18. The summed E-state index contributed by atoms with van der Waals surface area (Å²) in [7, 11) is -3.74. The molecule has 0 aliphatic heterocycles. The summed E-state index contributed by atoms with van der Waals surface area (Å²) in [6.07, 6.45) is 4.10. The van der Waals surface area contributed by atoms with Crippen LogP contribution in [0.1, 0.15) is 24.5 Å². The van der Waals surface area contributed by atoms with Crippen LogP contribution in [0.4, 0.5) is 5.69 Å². The van der Waals surface area contributed by atoms with Gasteiger partial charge in [0.15, 0.2) is 0 Å². The quantitative estimate of drug-likeness (QED) is 0.816. The van der Waals surface area contributed by atoms with E-state index in [2.05, 4.69) is 5.10 Å². The first-order valence-corrected chi connectivity index (χ1v) is 7.48. The van der Waals surface area contributed by atoms with Crippen LogP contribution in [0.25, 0.3) is 5.69 Å². The number of nitrogens with zero attached hydrogens (tertiary/aromatic N) is 2. The van der Waals surface area contributed by atoms with Gasteiger partial charge < -0.3 is 5.73 Å². The lowest BCUT2D eigenvalue weighted by Gasteiger charge is -2.07. The fourth-order valence-corrected chi connectivity index (χ4v) is 2.50. The molecule has 0 amide bonds. The fraction of sp³-hybridized carbons (Fsp3) is 0.250. The molecule has 1 heterocycles. The van der Waals surface area contributed by atoms with Crippen LogP contribution in [0.2, 0.25) is 0 Å². The first kappa shape index (κ1) is 12.2. The molecule has 0 atom stereocenters. The van der Waals surface area contributed by atoms with Crippen LogP contribution >= 0.6 is 0 Å². The van der Waals surface area contributed by atoms with Crippen molar-refractivity contribution in [1.29, 1.82) is 0 Å². The Labute approximate surface area is 111 Å². The summed E-state index contributed by atoms with van der Waals surface area (Å²) >= 11 is 0. The average Bonchev–Trinajstić information content (AvgIpc) is 3.07. The molecule has 19 heavy (non-hydrogen) atoms. The zero-order chi connectivity index (χ0) is 13.6. The Kier molecular flexibility index (Phi) is 2.61. The first-order valence-electron chi connectivity index (χ1n) is 5.93. The van der Waals surface area contributed by atoms with Crippen molar-refractivity contribution in [3.05, 3.63) is 36.2 Å². The molecule has 1 fully saturated rings. The summed E-state index contributed by atoms with van der Waals surface area (Å²) in [4.78, 5) is 0.0279. The molecule has 1 aromatic carbocycles. The lowest BCUT2D eigenvalue weighted by atomic mass is 10.3. The number of nitrogen functional groups attached to an aromatic ring is 1. The number of nitrogens with two attached hydrogens (primary N) is 2. The zero-order valence-corrected chi connectivity index (χ0v) is 11.0. The van der Waals surface area contributed by atoms with E-state index in [1.807, 2.05) is 6.07 Å². The highest BCUT2D eigenvalue weighted by molar-refractivity contribution is 7.89. The Bertz CT molecular complexity index is 732. The van der Waals surface area contributed by atoms with Gasteiger partial charge in [-0.2, -0.15) is 5.10 Å². The molecule has 1 aliphatic carbocycles. The number of benzene rings is 1. The van der Waals surface area contributed by atoms with Crippen molar-refractivity contribution in [2.45, 2.75) is 23.7 Å². The molecule has 0 saturated heterocycles. The van der Waals surface area contributed by atoms with Crippen molar-refractivity contribution in [3.63, 3.8) is 0 Å². The van der Waals surface area contributed by atoms with Gasteiger partial charge in [-0.15, -0.1) is 0 Å². The van der Waals surface area contributed by atoms with Crippen LogP contribution < -0.4 is 10.9 Å². The van der Waals surface area contributed by atoms with Crippen LogP contribution in [0.5, 0.6) is 0 Å². The Morgan fingerprint density at radius 1 is 1.26 bits per heavy atom. The zero-order valence-electron chi connectivity index (χ0n) is 10.2. The Morgan fingerprint density at radius 2 is 2.00 bits per heavy atom. The SMILES string of the molecule is Nc1ccc(S(N)(=O)=O)cc1-n1ccc(C2CC2)n1. The molecule has 4 N–H and O–H groups in total. The number of sulfonamides is 1. The van der Waals surface area contributed by atoms with E-state index in [0.29, 0.717) is 17.3 Å². The molecular weight excluding hydrogens is 264 g/mol. The number of anilines is 1. The molecule has 7 heteroatoms. The van der Waals surface area contributed by atoms with Crippen LogP contribution in [0.3, 0.4) is 0 Å². The van der Waals surface area contributed by atoms with Crippen molar-refractivity contribution in [3.8, 4) is 5.69 Å². The summed E-state index contributed by atoms with van der Waals surface area (Å²) in [6, 6.07) is 6.28. The number of primary sulfonamides is 1. The first-order chi connectivity index (χ1) is 8.95. The molecule has 0 unspecified atom stereocenters. The Hall–Kier alpha value is -1.86. The van der Waals surface area contributed by atoms with Crippen molar-refractivity contribution < 1.29 is 8.42 Å². The molecule has 6 nitrogen and oxygen atoms in total. The van der Waals surface area contributed by atoms with Crippen molar-refractivity contribution >= 4 is 15.7 Å². The maximum Gasteiger partial charge on any atom is 0.238 e. The van der Waals surface area contributed by atoms with Gasteiger partial charge in [-0.3, -0.25) is 0 Å². The summed E-state index contributed by atoms with van der Waals surface area (Å²) in [5, 5.41) is 9.55. The molecule has 0 spiro atoms. The van der Waals surface area contributed by atoms with E-state index in [9.17, 15) is 8.42 Å². The van der Waals surface area contributed by atoms with Gasteiger partial charge in [-0.25, -0.2) is 18.2 Å². The van der Waals surface area contributed by atoms with Gasteiger partial charge in [0, 0.05) is 12.1 Å². The molecule has 0 bridgehead atoms. The molecule has 0 radical (unpaired) electrons. The third-order valence-corrected chi connectivity index (χ3v) is 4.09. The topological polar surface area (TPSA) is 104 Å². The molecule has 100 valence electrons. The lowest BCUT2D eigenvalue weighted by molar-refractivity contribution is 0.597. The smallest absolute Gasteiger partial charge is 0.238 e. The van der Waals surface area contributed by atoms with Gasteiger partial charge in [-0.1, -0.05) is 0 Å². The van der Waals surface area contributed by atoms with Gasteiger partial charge in [-0.05, 0) is 37.1 Å². The van der Waals surface area contributed by atoms with Gasteiger partial charge >= 0.3 is 0 Å². The largest absolute Gasteiger partial charge is 0.397 e.